The first kappa shape index (κ1) is 18.7. The minimum absolute atomic E-state index is 0.0820. The Morgan fingerprint density at radius 3 is 2.65 bits per heavy atom. The highest BCUT2D eigenvalue weighted by atomic mass is 16.2. The fourth-order valence-corrected chi connectivity index (χ4v) is 3.62. The molecule has 0 bridgehead atoms. The molecule has 0 spiro atoms. The highest BCUT2D eigenvalue weighted by molar-refractivity contribution is 5.97. The smallest absolute Gasteiger partial charge is 0.229 e. The monoisotopic (exact) mass is 357 g/mol. The molecule has 142 valence electrons. The Morgan fingerprint density at radius 2 is 2.04 bits per heavy atom. The Morgan fingerprint density at radius 1 is 1.31 bits per heavy atom. The molecule has 1 unspecified atom stereocenters. The lowest BCUT2D eigenvalue weighted by Gasteiger charge is -2.27. The number of aliphatic imine (C=N–C) groups is 1. The summed E-state index contributed by atoms with van der Waals surface area (Å²) in [4.78, 5) is 21.1. The van der Waals surface area contributed by atoms with Gasteiger partial charge in [-0.3, -0.25) is 14.7 Å². The average molecular weight is 358 g/mol. The molecule has 1 atom stereocenters. The number of nitrogens with zero attached hydrogens (tertiary/aromatic N) is 3. The van der Waals surface area contributed by atoms with Gasteiger partial charge in [0.05, 0.1) is 6.04 Å². The average Bonchev–Trinajstić information content (AvgIpc) is 3.40. The highest BCUT2D eigenvalue weighted by Gasteiger charge is 2.32. The summed E-state index contributed by atoms with van der Waals surface area (Å²) < 4.78 is 0. The first-order valence-electron chi connectivity index (χ1n) is 9.67. The Balaban J connectivity index is 1.47. The molecule has 0 radical (unpaired) electrons. The van der Waals surface area contributed by atoms with Crippen molar-refractivity contribution in [2.75, 3.05) is 31.6 Å². The van der Waals surface area contributed by atoms with Crippen molar-refractivity contribution < 1.29 is 4.79 Å². The molecule has 3 rings (SSSR count). The van der Waals surface area contributed by atoms with Crippen molar-refractivity contribution in [1.29, 1.82) is 0 Å². The zero-order valence-electron chi connectivity index (χ0n) is 16.1. The molecule has 1 heterocycles. The van der Waals surface area contributed by atoms with Gasteiger partial charge in [0.1, 0.15) is 0 Å². The summed E-state index contributed by atoms with van der Waals surface area (Å²) in [5, 5.41) is 6.80. The van der Waals surface area contributed by atoms with Crippen LogP contribution in [0.1, 0.15) is 33.1 Å². The summed E-state index contributed by atoms with van der Waals surface area (Å²) >= 11 is 0. The number of guanidine groups is 1. The number of carbonyl (C=O) groups is 1. The van der Waals surface area contributed by atoms with Gasteiger partial charge in [0.15, 0.2) is 5.96 Å². The molecule has 1 saturated carbocycles. The van der Waals surface area contributed by atoms with E-state index in [0.717, 1.165) is 30.8 Å². The van der Waals surface area contributed by atoms with Crippen LogP contribution in [0.3, 0.4) is 0 Å². The number of amides is 1. The summed E-state index contributed by atoms with van der Waals surface area (Å²) in [6.07, 6.45) is 3.14. The van der Waals surface area contributed by atoms with E-state index in [1.165, 1.54) is 12.8 Å². The first-order chi connectivity index (χ1) is 12.6. The van der Waals surface area contributed by atoms with Crippen LogP contribution < -0.4 is 15.5 Å². The molecule has 0 aromatic heterocycles. The molecule has 1 aliphatic heterocycles. The third kappa shape index (κ3) is 4.75. The van der Waals surface area contributed by atoms with Crippen LogP contribution in [0.25, 0.3) is 0 Å². The van der Waals surface area contributed by atoms with E-state index in [9.17, 15) is 4.79 Å². The lowest BCUT2D eigenvalue weighted by atomic mass is 10.2. The van der Waals surface area contributed by atoms with Gasteiger partial charge >= 0.3 is 0 Å². The van der Waals surface area contributed by atoms with Crippen LogP contribution in [0.15, 0.2) is 35.3 Å². The van der Waals surface area contributed by atoms with Crippen molar-refractivity contribution in [2.45, 2.75) is 51.2 Å². The van der Waals surface area contributed by atoms with E-state index in [0.29, 0.717) is 19.0 Å². The van der Waals surface area contributed by atoms with Crippen LogP contribution in [0.4, 0.5) is 5.69 Å². The van der Waals surface area contributed by atoms with Crippen LogP contribution >= 0.6 is 0 Å². The van der Waals surface area contributed by atoms with E-state index in [1.807, 2.05) is 35.2 Å². The maximum Gasteiger partial charge on any atom is 0.229 e. The quantitative estimate of drug-likeness (QED) is 0.577. The molecule has 26 heavy (non-hydrogen) atoms. The standard InChI is InChI=1S/C20H31N5O/c1-15(2)24(18-9-10-18)12-11-22-20(21-3)23-16-13-19(26)25(14-16)17-7-5-4-6-8-17/h4-8,15-16,18H,9-14H2,1-3H3,(H2,21,22,23). The van der Waals surface area contributed by atoms with Crippen molar-refractivity contribution in [2.24, 2.45) is 4.99 Å². The van der Waals surface area contributed by atoms with Crippen LogP contribution in [0, 0.1) is 0 Å². The van der Waals surface area contributed by atoms with E-state index >= 15 is 0 Å². The largest absolute Gasteiger partial charge is 0.355 e. The topological polar surface area (TPSA) is 60.0 Å². The lowest BCUT2D eigenvalue weighted by Crippen LogP contribution is -2.47. The first-order valence-corrected chi connectivity index (χ1v) is 9.67. The molecule has 2 aliphatic rings. The molecule has 1 saturated heterocycles. The zero-order chi connectivity index (χ0) is 18.5. The number of hydrogen-bond acceptors (Lipinski definition) is 3. The summed E-state index contributed by atoms with van der Waals surface area (Å²) in [5.74, 6) is 0.932. The molecule has 6 heteroatoms. The molecule has 1 aromatic rings. The van der Waals surface area contributed by atoms with Crippen molar-refractivity contribution in [3.8, 4) is 0 Å². The number of nitrogens with one attached hydrogen (secondary N) is 2. The summed E-state index contributed by atoms with van der Waals surface area (Å²) in [6, 6.07) is 11.3. The highest BCUT2D eigenvalue weighted by Crippen LogP contribution is 2.28. The number of hydrogen-bond donors (Lipinski definition) is 2. The van der Waals surface area contributed by atoms with Gasteiger partial charge in [-0.25, -0.2) is 0 Å². The number of benzene rings is 1. The maximum absolute atomic E-state index is 12.3. The zero-order valence-corrected chi connectivity index (χ0v) is 16.1. The van der Waals surface area contributed by atoms with Crippen molar-refractivity contribution in [3.63, 3.8) is 0 Å². The van der Waals surface area contributed by atoms with Gasteiger partial charge in [0.2, 0.25) is 5.91 Å². The molecule has 6 nitrogen and oxygen atoms in total. The SMILES string of the molecule is CN=C(NCCN(C(C)C)C1CC1)NC1CC(=O)N(c2ccccc2)C1. The second-order valence-corrected chi connectivity index (χ2v) is 7.45. The Kier molecular flexibility index (Phi) is 6.14. The predicted octanol–water partition coefficient (Wildman–Crippen LogP) is 1.83. The number of carbonyl (C=O) groups excluding carboxylic acids is 1. The Labute approximate surface area is 156 Å². The van der Waals surface area contributed by atoms with E-state index < -0.39 is 0 Å². The minimum Gasteiger partial charge on any atom is -0.355 e. The van der Waals surface area contributed by atoms with Gasteiger partial charge in [-0.05, 0) is 38.8 Å². The van der Waals surface area contributed by atoms with Gasteiger partial charge in [0.25, 0.3) is 0 Å². The second kappa shape index (κ2) is 8.54. The van der Waals surface area contributed by atoms with E-state index in [2.05, 4.69) is 34.4 Å². The van der Waals surface area contributed by atoms with E-state index in [1.54, 1.807) is 7.05 Å². The van der Waals surface area contributed by atoms with Gasteiger partial charge in [-0.2, -0.15) is 0 Å². The normalized spacial score (nSPS) is 21.0. The van der Waals surface area contributed by atoms with Crippen LogP contribution in [-0.4, -0.2) is 61.6 Å². The van der Waals surface area contributed by atoms with Crippen molar-refractivity contribution in [1.82, 2.24) is 15.5 Å². The van der Waals surface area contributed by atoms with Crippen molar-refractivity contribution in [3.05, 3.63) is 30.3 Å². The molecule has 1 aliphatic carbocycles. The minimum atomic E-state index is 0.0820. The van der Waals surface area contributed by atoms with E-state index in [-0.39, 0.29) is 11.9 Å². The van der Waals surface area contributed by atoms with Crippen LogP contribution in [0.2, 0.25) is 0 Å². The number of anilines is 1. The predicted molar refractivity (Wildman–Crippen MR) is 107 cm³/mol. The maximum atomic E-state index is 12.3. The molecule has 2 fully saturated rings. The van der Waals surface area contributed by atoms with Gasteiger partial charge in [-0.1, -0.05) is 18.2 Å². The Hall–Kier alpha value is -2.08. The third-order valence-electron chi connectivity index (χ3n) is 5.10. The van der Waals surface area contributed by atoms with Crippen LogP contribution in [-0.2, 0) is 4.79 Å². The molecule has 1 aromatic carbocycles. The molecular formula is C20H31N5O. The van der Waals surface area contributed by atoms with Gasteiger partial charge < -0.3 is 15.5 Å². The Bertz CT molecular complexity index is 624. The van der Waals surface area contributed by atoms with Crippen LogP contribution in [0.5, 0.6) is 0 Å². The summed E-state index contributed by atoms with van der Waals surface area (Å²) in [6.45, 7) is 7.06. The fourth-order valence-electron chi connectivity index (χ4n) is 3.62. The summed E-state index contributed by atoms with van der Waals surface area (Å²) in [5.41, 5.74) is 0.960. The second-order valence-electron chi connectivity index (χ2n) is 7.45. The molecule has 1 amide bonds. The lowest BCUT2D eigenvalue weighted by molar-refractivity contribution is -0.117. The number of rotatable bonds is 7. The summed E-state index contributed by atoms with van der Waals surface area (Å²) in [7, 11) is 1.78. The fraction of sp³-hybridized carbons (Fsp3) is 0.600. The third-order valence-corrected chi connectivity index (χ3v) is 5.10. The van der Waals surface area contributed by atoms with Crippen molar-refractivity contribution >= 4 is 17.6 Å². The molecular weight excluding hydrogens is 326 g/mol. The van der Waals surface area contributed by atoms with Gasteiger partial charge in [0, 0.05) is 50.9 Å². The van der Waals surface area contributed by atoms with Gasteiger partial charge in [-0.15, -0.1) is 0 Å². The van der Waals surface area contributed by atoms with E-state index in [4.69, 9.17) is 0 Å². The number of para-hydroxylation sites is 1. The molecule has 2 N–H and O–H groups in total.